The normalized spacial score (nSPS) is 13.2. The Hall–Kier alpha value is -1.42. The first kappa shape index (κ1) is 13.6. The smallest absolute Gasteiger partial charge is 0.240 e. The lowest BCUT2D eigenvalue weighted by atomic mass is 10.0. The van der Waals surface area contributed by atoms with E-state index in [0.29, 0.717) is 0 Å². The van der Waals surface area contributed by atoms with E-state index in [-0.39, 0.29) is 11.9 Å². The molecule has 0 aliphatic rings. The molecule has 1 amide bonds. The van der Waals surface area contributed by atoms with Crippen molar-refractivity contribution in [3.8, 4) is 0 Å². The number of likely N-dealkylation sites (N-methyl/N-ethyl adjacent to an activating group) is 1. The van der Waals surface area contributed by atoms with Gasteiger partial charge in [-0.2, -0.15) is 0 Å². The third kappa shape index (κ3) is 3.82. The van der Waals surface area contributed by atoms with E-state index in [9.17, 15) is 4.79 Å². The molecule has 0 bridgehead atoms. The van der Waals surface area contributed by atoms with E-state index in [2.05, 4.69) is 15.6 Å². The van der Waals surface area contributed by atoms with E-state index in [1.54, 1.807) is 6.20 Å². The monoisotopic (exact) mass is 235 g/mol. The van der Waals surface area contributed by atoms with E-state index in [1.165, 1.54) is 0 Å². The molecule has 1 aromatic rings. The first-order valence-electron chi connectivity index (χ1n) is 5.94. The second kappa shape index (κ2) is 5.77. The maximum Gasteiger partial charge on any atom is 0.240 e. The number of amides is 1. The van der Waals surface area contributed by atoms with Gasteiger partial charge in [-0.05, 0) is 39.4 Å². The van der Waals surface area contributed by atoms with Crippen LogP contribution >= 0.6 is 0 Å². The van der Waals surface area contributed by atoms with Crippen molar-refractivity contribution < 1.29 is 4.79 Å². The zero-order chi connectivity index (χ0) is 12.9. The SMILES string of the molecule is CCNC(C)(C)C(=O)N[C@@H](C)c1ccccn1. The molecule has 94 valence electrons. The predicted octanol–water partition coefficient (Wildman–Crippen LogP) is 1.65. The second-order valence-corrected chi connectivity index (χ2v) is 4.61. The van der Waals surface area contributed by atoms with E-state index >= 15 is 0 Å². The average Bonchev–Trinajstić information content (AvgIpc) is 2.30. The van der Waals surface area contributed by atoms with Crippen LogP contribution in [0, 0.1) is 0 Å². The van der Waals surface area contributed by atoms with Crippen molar-refractivity contribution in [3.63, 3.8) is 0 Å². The number of carbonyl (C=O) groups is 1. The van der Waals surface area contributed by atoms with Gasteiger partial charge in [-0.3, -0.25) is 9.78 Å². The summed E-state index contributed by atoms with van der Waals surface area (Å²) in [5.74, 6) is -0.0162. The average molecular weight is 235 g/mol. The number of rotatable bonds is 5. The highest BCUT2D eigenvalue weighted by atomic mass is 16.2. The molecule has 1 atom stereocenters. The molecule has 0 saturated heterocycles. The fourth-order valence-corrected chi connectivity index (χ4v) is 1.61. The molecule has 0 saturated carbocycles. The second-order valence-electron chi connectivity index (χ2n) is 4.61. The van der Waals surface area contributed by atoms with Gasteiger partial charge in [-0.15, -0.1) is 0 Å². The number of hydrogen-bond acceptors (Lipinski definition) is 3. The summed E-state index contributed by atoms with van der Waals surface area (Å²) >= 11 is 0. The number of carbonyl (C=O) groups excluding carboxylic acids is 1. The maximum absolute atomic E-state index is 12.0. The van der Waals surface area contributed by atoms with Crippen LogP contribution in [0.5, 0.6) is 0 Å². The Labute approximate surface area is 103 Å². The van der Waals surface area contributed by atoms with Crippen LogP contribution in [0.1, 0.15) is 39.4 Å². The molecule has 1 heterocycles. The minimum absolute atomic E-state index is 0.0162. The first-order chi connectivity index (χ1) is 7.97. The van der Waals surface area contributed by atoms with Gasteiger partial charge in [0.05, 0.1) is 17.3 Å². The summed E-state index contributed by atoms with van der Waals surface area (Å²) in [5, 5.41) is 6.10. The van der Waals surface area contributed by atoms with Gasteiger partial charge in [0.1, 0.15) is 0 Å². The van der Waals surface area contributed by atoms with Crippen LogP contribution in [0.2, 0.25) is 0 Å². The topological polar surface area (TPSA) is 54.0 Å². The molecule has 1 aromatic heterocycles. The van der Waals surface area contributed by atoms with E-state index in [0.717, 1.165) is 12.2 Å². The van der Waals surface area contributed by atoms with Gasteiger partial charge in [0.15, 0.2) is 0 Å². The summed E-state index contributed by atoms with van der Waals surface area (Å²) in [6, 6.07) is 5.60. The highest BCUT2D eigenvalue weighted by molar-refractivity contribution is 5.85. The molecule has 0 aliphatic carbocycles. The van der Waals surface area contributed by atoms with Gasteiger partial charge < -0.3 is 10.6 Å². The lowest BCUT2D eigenvalue weighted by Gasteiger charge is -2.26. The van der Waals surface area contributed by atoms with Gasteiger partial charge in [0.2, 0.25) is 5.91 Å². The number of aromatic nitrogens is 1. The lowest BCUT2D eigenvalue weighted by Crippen LogP contribution is -2.53. The highest BCUT2D eigenvalue weighted by Crippen LogP contribution is 2.10. The molecular weight excluding hydrogens is 214 g/mol. The maximum atomic E-state index is 12.0. The van der Waals surface area contributed by atoms with Gasteiger partial charge in [0.25, 0.3) is 0 Å². The zero-order valence-corrected chi connectivity index (χ0v) is 10.9. The number of hydrogen-bond donors (Lipinski definition) is 2. The van der Waals surface area contributed by atoms with Gasteiger partial charge >= 0.3 is 0 Å². The minimum atomic E-state index is -0.558. The minimum Gasteiger partial charge on any atom is -0.346 e. The molecule has 0 spiro atoms. The highest BCUT2D eigenvalue weighted by Gasteiger charge is 2.27. The fourth-order valence-electron chi connectivity index (χ4n) is 1.61. The van der Waals surface area contributed by atoms with Crippen molar-refractivity contribution in [3.05, 3.63) is 30.1 Å². The van der Waals surface area contributed by atoms with Crippen molar-refractivity contribution in [1.82, 2.24) is 15.6 Å². The van der Waals surface area contributed by atoms with Crippen LogP contribution in [0.15, 0.2) is 24.4 Å². The predicted molar refractivity (Wildman–Crippen MR) is 68.6 cm³/mol. The van der Waals surface area contributed by atoms with Gasteiger partial charge in [0, 0.05) is 6.20 Å². The van der Waals surface area contributed by atoms with Crippen molar-refractivity contribution in [1.29, 1.82) is 0 Å². The van der Waals surface area contributed by atoms with Crippen LogP contribution in [-0.4, -0.2) is 23.0 Å². The summed E-state index contributed by atoms with van der Waals surface area (Å²) in [6.45, 7) is 8.42. The molecule has 4 heteroatoms. The van der Waals surface area contributed by atoms with Crippen LogP contribution in [0.4, 0.5) is 0 Å². The molecule has 0 unspecified atom stereocenters. The molecule has 4 nitrogen and oxygen atoms in total. The standard InChI is InChI=1S/C13H21N3O/c1-5-15-13(3,4)12(17)16-10(2)11-8-6-7-9-14-11/h6-10,15H,5H2,1-4H3,(H,16,17)/t10-/m0/s1. The van der Waals surface area contributed by atoms with E-state index < -0.39 is 5.54 Å². The van der Waals surface area contributed by atoms with Crippen LogP contribution in [0.3, 0.4) is 0 Å². The molecule has 0 radical (unpaired) electrons. The summed E-state index contributed by atoms with van der Waals surface area (Å²) in [7, 11) is 0. The summed E-state index contributed by atoms with van der Waals surface area (Å²) in [4.78, 5) is 16.3. The third-order valence-corrected chi connectivity index (χ3v) is 2.67. The van der Waals surface area contributed by atoms with E-state index in [1.807, 2.05) is 45.9 Å². The van der Waals surface area contributed by atoms with Crippen molar-refractivity contribution in [2.45, 2.75) is 39.3 Å². The summed E-state index contributed by atoms with van der Waals surface area (Å²) < 4.78 is 0. The Kier molecular flexibility index (Phi) is 4.63. The van der Waals surface area contributed by atoms with Gasteiger partial charge in [-0.25, -0.2) is 0 Å². The fraction of sp³-hybridized carbons (Fsp3) is 0.538. The number of nitrogens with one attached hydrogen (secondary N) is 2. The molecule has 2 N–H and O–H groups in total. The third-order valence-electron chi connectivity index (χ3n) is 2.67. The Morgan fingerprint density at radius 2 is 2.18 bits per heavy atom. The Morgan fingerprint density at radius 1 is 1.47 bits per heavy atom. The quantitative estimate of drug-likeness (QED) is 0.816. The van der Waals surface area contributed by atoms with Gasteiger partial charge in [-0.1, -0.05) is 13.0 Å². The largest absolute Gasteiger partial charge is 0.346 e. The van der Waals surface area contributed by atoms with Crippen molar-refractivity contribution in [2.75, 3.05) is 6.54 Å². The molecule has 17 heavy (non-hydrogen) atoms. The molecule has 0 fully saturated rings. The lowest BCUT2D eigenvalue weighted by molar-refractivity contribution is -0.127. The number of pyridine rings is 1. The van der Waals surface area contributed by atoms with Crippen molar-refractivity contribution >= 4 is 5.91 Å². The summed E-state index contributed by atoms with van der Waals surface area (Å²) in [6.07, 6.45) is 1.73. The molecule has 0 aromatic carbocycles. The molecule has 1 rings (SSSR count). The van der Waals surface area contributed by atoms with Crippen LogP contribution in [0.25, 0.3) is 0 Å². The first-order valence-corrected chi connectivity index (χ1v) is 5.94. The van der Waals surface area contributed by atoms with Crippen molar-refractivity contribution in [2.24, 2.45) is 0 Å². The number of nitrogens with zero attached hydrogens (tertiary/aromatic N) is 1. The Balaban J connectivity index is 2.63. The Morgan fingerprint density at radius 3 is 2.71 bits per heavy atom. The molecular formula is C13H21N3O. The summed E-state index contributed by atoms with van der Waals surface area (Å²) in [5.41, 5.74) is 0.311. The van der Waals surface area contributed by atoms with Crippen LogP contribution in [-0.2, 0) is 4.79 Å². The Bertz CT molecular complexity index is 362. The van der Waals surface area contributed by atoms with E-state index in [4.69, 9.17) is 0 Å². The molecule has 0 aliphatic heterocycles. The van der Waals surface area contributed by atoms with Crippen LogP contribution < -0.4 is 10.6 Å². The zero-order valence-electron chi connectivity index (χ0n) is 10.9.